The van der Waals surface area contributed by atoms with Gasteiger partial charge in [-0.15, -0.1) is 45.3 Å². The van der Waals surface area contributed by atoms with E-state index in [1.165, 1.54) is 105 Å². The Balaban J connectivity index is 0.000000213. The van der Waals surface area contributed by atoms with E-state index in [-0.39, 0.29) is 11.6 Å². The van der Waals surface area contributed by atoms with E-state index in [0.29, 0.717) is 22.3 Å². The summed E-state index contributed by atoms with van der Waals surface area (Å²) in [4.78, 5) is 34.0. The van der Waals surface area contributed by atoms with Crippen LogP contribution >= 0.6 is 68.0 Å². The van der Waals surface area contributed by atoms with E-state index in [1.807, 2.05) is 83.4 Å². The molecule has 0 fully saturated rings. The molecule has 0 radical (unpaired) electrons. The summed E-state index contributed by atoms with van der Waals surface area (Å²) in [5.74, 6) is -0.0134. The van der Waals surface area contributed by atoms with E-state index in [2.05, 4.69) is 231 Å². The van der Waals surface area contributed by atoms with Crippen molar-refractivity contribution in [3.63, 3.8) is 0 Å². The van der Waals surface area contributed by atoms with Crippen LogP contribution in [0, 0.1) is 0 Å². The molecule has 9 rings (SSSR count). The molecule has 504 valence electrons. The Morgan fingerprint density at radius 2 is 0.576 bits per heavy atom. The third kappa shape index (κ3) is 18.5. The van der Waals surface area contributed by atoms with E-state index in [0.717, 1.165) is 10.8 Å². The molecule has 0 saturated carbocycles. The van der Waals surface area contributed by atoms with Crippen LogP contribution in [-0.2, 0) is 0 Å². The Hall–Kier alpha value is -0.601. The van der Waals surface area contributed by atoms with Crippen molar-refractivity contribution < 1.29 is 9.59 Å². The number of unbranched alkanes of at least 4 members (excludes halogenated alkanes) is 6. The standard InChI is InChI=1S/C24H24O2S2Si2.C14H22S2Si2.C14H20S2Si2.6C4H9.2Sn/c1-29(2,3)17-11-15-19-20(22(26)14-10-8-7-9-13(14)21(19)25)16-12-18(30(4,5)6)28-24(16)23(15)27-17;2*1-17(2,3)13-9-7-11(15-13)12-8-10-14(16-12)18(4,5)6;6*1-3-4-2;;/h7-12H,1-6H3;7-10H,1-6H3;9-10H,1-6H3;6*1,3-4H2,2H3;;. The summed E-state index contributed by atoms with van der Waals surface area (Å²) in [5, 5.41) is 1.97. The van der Waals surface area contributed by atoms with Crippen LogP contribution < -0.4 is 34.2 Å². The monoisotopic (exact) mass is 1660 g/mol. The van der Waals surface area contributed by atoms with Crippen LogP contribution in [-0.4, -0.2) is 96.8 Å². The van der Waals surface area contributed by atoms with Gasteiger partial charge in [-0.25, -0.2) is 0 Å². The molecule has 0 aliphatic heterocycles. The van der Waals surface area contributed by atoms with Gasteiger partial charge in [-0.2, -0.15) is 0 Å². The van der Waals surface area contributed by atoms with Crippen molar-refractivity contribution in [1.29, 1.82) is 0 Å². The molecule has 2 aromatic carbocycles. The Morgan fingerprint density at radius 1 is 0.315 bits per heavy atom. The normalized spacial score (nSPS) is 13.6. The fourth-order valence-electron chi connectivity index (χ4n) is 13.2. The SMILES string of the molecule is CCC[CH2][Sn]([CH2]CCC)([CH2]CCC)[c]1cc([Si](C)(C)C)sc1-c1sc([Si](C)(C)C)c[c]1[Sn]([CH2]CCC)([CH2]CCC)[CH2]CCC.C[Si](C)(C)c1cc2c3c(c4cc([Si](C)(C)C)sc4c2s1)C(=O)c1ccccc1C3=O.C[Si](C)(C)c1ccc(-c2ccc([Si](C)(C)C)s2)s1. The summed E-state index contributed by atoms with van der Waals surface area (Å²) in [7, 11) is -8.24. The van der Waals surface area contributed by atoms with E-state index in [1.54, 1.807) is 47.8 Å². The molecule has 92 heavy (non-hydrogen) atoms. The summed E-state index contributed by atoms with van der Waals surface area (Å²) >= 11 is 7.06. The fourth-order valence-corrected chi connectivity index (χ4v) is 69.5. The maximum absolute atomic E-state index is 13.6. The molecule has 16 heteroatoms. The van der Waals surface area contributed by atoms with Crippen molar-refractivity contribution >= 4 is 219 Å². The summed E-state index contributed by atoms with van der Waals surface area (Å²) in [6.07, 6.45) is 17.0. The van der Waals surface area contributed by atoms with Crippen molar-refractivity contribution in [3.8, 4) is 19.5 Å². The third-order valence-electron chi connectivity index (χ3n) is 19.1. The van der Waals surface area contributed by atoms with Gasteiger partial charge in [0, 0.05) is 42.8 Å². The van der Waals surface area contributed by atoms with Crippen molar-refractivity contribution in [3.05, 3.63) is 95.1 Å². The molecule has 2 nitrogen and oxygen atoms in total. The van der Waals surface area contributed by atoms with Crippen molar-refractivity contribution in [2.45, 2.75) is 263 Å². The minimum absolute atomic E-state index is 0.00669. The van der Waals surface area contributed by atoms with E-state index in [4.69, 9.17) is 0 Å². The molecular formula is C76H120O2S6Si6Sn2. The zero-order valence-electron chi connectivity index (χ0n) is 61.9. The molecule has 0 saturated heterocycles. The van der Waals surface area contributed by atoms with Crippen molar-refractivity contribution in [1.82, 2.24) is 0 Å². The number of ketones is 2. The first kappa shape index (κ1) is 78.7. The van der Waals surface area contributed by atoms with Crippen LogP contribution in [0.4, 0.5) is 0 Å². The second-order valence-electron chi connectivity index (χ2n) is 33.4. The number of hydrogen-bond donors (Lipinski definition) is 0. The largest absolute Gasteiger partial charge is 0.289 e. The molecule has 1 aliphatic rings. The number of benzene rings is 2. The fraction of sp³-hybridized carbons (Fsp3) is 0.553. The molecule has 0 unspecified atom stereocenters. The Labute approximate surface area is 599 Å². The van der Waals surface area contributed by atoms with Crippen LogP contribution in [0.15, 0.2) is 72.8 Å². The minimum Gasteiger partial charge on any atom is -0.289 e. The number of rotatable bonds is 28. The Bertz CT molecular complexity index is 3490. The molecule has 6 heterocycles. The molecule has 0 spiro atoms. The first-order chi connectivity index (χ1) is 42.9. The zero-order chi connectivity index (χ0) is 68.2. The Morgan fingerprint density at radius 3 is 0.815 bits per heavy atom. The second kappa shape index (κ2) is 32.4. The minimum atomic E-state index is -2.66. The summed E-state index contributed by atoms with van der Waals surface area (Å²) in [5.41, 5.74) is 2.33. The van der Waals surface area contributed by atoms with Crippen LogP contribution in [0.5, 0.6) is 0 Å². The van der Waals surface area contributed by atoms with Gasteiger partial charge in [-0.05, 0) is 42.3 Å². The maximum Gasteiger partial charge on any atom is 0.195 e. The Kier molecular flexibility index (Phi) is 27.7. The van der Waals surface area contributed by atoms with Gasteiger partial charge in [0.25, 0.3) is 0 Å². The van der Waals surface area contributed by atoms with Crippen molar-refractivity contribution in [2.75, 3.05) is 0 Å². The first-order valence-corrected chi connectivity index (χ1v) is 76.5. The van der Waals surface area contributed by atoms with Gasteiger partial charge in [0.15, 0.2) is 11.6 Å². The van der Waals surface area contributed by atoms with Gasteiger partial charge >= 0.3 is 298 Å². The topological polar surface area (TPSA) is 34.1 Å². The van der Waals surface area contributed by atoms with Crippen molar-refractivity contribution in [2.24, 2.45) is 0 Å². The van der Waals surface area contributed by atoms with Gasteiger partial charge in [0.1, 0.15) is 0 Å². The second-order valence-corrected chi connectivity index (χ2v) is 98.4. The zero-order valence-corrected chi connectivity index (χ0v) is 78.5. The number of hydrogen-bond acceptors (Lipinski definition) is 8. The maximum atomic E-state index is 13.6. The molecule has 8 aromatic rings. The summed E-state index contributed by atoms with van der Waals surface area (Å²) in [6.45, 7) is 59.0. The van der Waals surface area contributed by atoms with Crippen LogP contribution in [0.25, 0.3) is 39.7 Å². The molecule has 0 bridgehead atoms. The quantitative estimate of drug-likeness (QED) is 0.0458. The third-order valence-corrected chi connectivity index (χ3v) is 80.1. The van der Waals surface area contributed by atoms with Gasteiger partial charge in [-0.1, -0.05) is 115 Å². The number of fused-ring (bicyclic) bond motifs is 7. The van der Waals surface area contributed by atoms with Crippen LogP contribution in [0.2, 0.25) is 144 Å². The molecule has 0 amide bonds. The van der Waals surface area contributed by atoms with Gasteiger partial charge in [0.05, 0.1) is 41.7 Å². The van der Waals surface area contributed by atoms with Gasteiger partial charge in [-0.3, -0.25) is 9.59 Å². The predicted molar refractivity (Wildman–Crippen MR) is 453 cm³/mol. The molecule has 6 aromatic heterocycles. The van der Waals surface area contributed by atoms with E-state index >= 15 is 0 Å². The molecule has 0 N–H and O–H groups in total. The number of carbonyl (C=O) groups is 2. The molecule has 0 atom stereocenters. The average Bonchev–Trinajstić information content (AvgIpc) is 1.46. The van der Waals surface area contributed by atoms with Gasteiger partial charge in [0.2, 0.25) is 0 Å². The molecular weight excluding hydrogens is 1540 g/mol. The smallest absolute Gasteiger partial charge is 0.195 e. The van der Waals surface area contributed by atoms with E-state index < -0.39 is 85.2 Å². The predicted octanol–water partition coefficient (Wildman–Crippen LogP) is 23.2. The summed E-state index contributed by atoms with van der Waals surface area (Å²) < 4.78 is 25.6. The van der Waals surface area contributed by atoms with E-state index in [9.17, 15) is 9.59 Å². The van der Waals surface area contributed by atoms with Gasteiger partial charge < -0.3 is 0 Å². The van der Waals surface area contributed by atoms with Crippen LogP contribution in [0.3, 0.4) is 0 Å². The number of thiophene rings is 6. The summed E-state index contributed by atoms with van der Waals surface area (Å²) in [6, 6.07) is 26.9. The average molecular weight is 1660 g/mol. The first-order valence-electron chi connectivity index (χ1n) is 35.7. The van der Waals surface area contributed by atoms with Crippen LogP contribution in [0.1, 0.15) is 150 Å². The number of carbonyl (C=O) groups excluding carboxylic acids is 2. The molecule has 1 aliphatic carbocycles.